The average molecular weight is 356 g/mol. The fourth-order valence-corrected chi connectivity index (χ4v) is 5.60. The maximum Gasteiger partial charge on any atom is 0.319 e. The van der Waals surface area contributed by atoms with E-state index >= 15 is 0 Å². The first-order chi connectivity index (χ1) is 11.2. The van der Waals surface area contributed by atoms with E-state index in [2.05, 4.69) is 15.0 Å². The van der Waals surface area contributed by atoms with Crippen LogP contribution in [0.2, 0.25) is 0 Å². The number of hydrogen-bond donors (Lipinski definition) is 0. The third-order valence-electron chi connectivity index (χ3n) is 4.72. The second kappa shape index (κ2) is 5.99. The first-order valence-corrected chi connectivity index (χ1v) is 9.79. The minimum absolute atomic E-state index is 0.0333. The molecule has 0 aromatic carbocycles. The largest absolute Gasteiger partial charge is 0.331 e. The predicted molar refractivity (Wildman–Crippen MR) is 88.2 cm³/mol. The van der Waals surface area contributed by atoms with Gasteiger partial charge in [-0.25, -0.2) is 18.2 Å². The van der Waals surface area contributed by atoms with Crippen LogP contribution in [0.15, 0.2) is 0 Å². The van der Waals surface area contributed by atoms with Crippen molar-refractivity contribution >= 4 is 15.9 Å². The van der Waals surface area contributed by atoms with E-state index in [1.807, 2.05) is 14.0 Å². The summed E-state index contributed by atoms with van der Waals surface area (Å²) in [5, 5.41) is 4.25. The molecule has 2 aliphatic heterocycles. The molecule has 0 N–H and O–H groups in total. The lowest BCUT2D eigenvalue weighted by molar-refractivity contribution is 0.0499. The number of piperazine rings is 1. The molecule has 0 saturated carbocycles. The van der Waals surface area contributed by atoms with E-state index in [4.69, 9.17) is 0 Å². The van der Waals surface area contributed by atoms with Gasteiger partial charge in [0, 0.05) is 40.3 Å². The summed E-state index contributed by atoms with van der Waals surface area (Å²) in [6.07, 6.45) is 0. The summed E-state index contributed by atoms with van der Waals surface area (Å²) in [5.74, 6) is 1.63. The lowest BCUT2D eigenvalue weighted by Gasteiger charge is -2.44. The van der Waals surface area contributed by atoms with Gasteiger partial charge in [-0.1, -0.05) is 0 Å². The number of hydrogen-bond acceptors (Lipinski definition) is 6. The fourth-order valence-electron chi connectivity index (χ4n) is 3.59. The minimum atomic E-state index is -3.15. The molecular weight excluding hydrogens is 332 g/mol. The van der Waals surface area contributed by atoms with Gasteiger partial charge < -0.3 is 9.80 Å². The molecule has 2 amide bonds. The van der Waals surface area contributed by atoms with Gasteiger partial charge in [0.15, 0.2) is 9.84 Å². The molecule has 134 valence electrons. The molecule has 10 heteroatoms. The van der Waals surface area contributed by atoms with Crippen LogP contribution < -0.4 is 0 Å². The zero-order valence-electron chi connectivity index (χ0n) is 14.5. The Bertz CT molecular complexity index is 744. The number of amides is 2. The first kappa shape index (κ1) is 17.2. The Morgan fingerprint density at radius 3 is 2.50 bits per heavy atom. The topological polar surface area (TPSA) is 91.6 Å². The van der Waals surface area contributed by atoms with Crippen molar-refractivity contribution in [1.82, 2.24) is 29.5 Å². The maximum absolute atomic E-state index is 12.4. The predicted octanol–water partition coefficient (Wildman–Crippen LogP) is -0.912. The third kappa shape index (κ3) is 3.12. The lowest BCUT2D eigenvalue weighted by Crippen LogP contribution is -2.61. The number of fused-ring (bicyclic) bond motifs is 1. The van der Waals surface area contributed by atoms with Gasteiger partial charge in [-0.15, -0.1) is 0 Å². The monoisotopic (exact) mass is 356 g/mol. The minimum Gasteiger partial charge on any atom is -0.331 e. The summed E-state index contributed by atoms with van der Waals surface area (Å²) in [6, 6.07) is -0.617. The van der Waals surface area contributed by atoms with Crippen molar-refractivity contribution in [3.8, 4) is 0 Å². The smallest absolute Gasteiger partial charge is 0.319 e. The number of aryl methyl sites for hydroxylation is 2. The lowest BCUT2D eigenvalue weighted by atomic mass is 10.1. The van der Waals surface area contributed by atoms with E-state index in [-0.39, 0.29) is 29.6 Å². The van der Waals surface area contributed by atoms with Gasteiger partial charge in [-0.3, -0.25) is 9.58 Å². The van der Waals surface area contributed by atoms with Gasteiger partial charge in [0.05, 0.1) is 24.1 Å². The van der Waals surface area contributed by atoms with Crippen LogP contribution >= 0.6 is 0 Å². The van der Waals surface area contributed by atoms with E-state index in [9.17, 15) is 13.2 Å². The molecule has 9 nitrogen and oxygen atoms in total. The average Bonchev–Trinajstić information content (AvgIpc) is 2.96. The second-order valence-corrected chi connectivity index (χ2v) is 8.91. The van der Waals surface area contributed by atoms with Crippen LogP contribution in [0.25, 0.3) is 0 Å². The number of aromatic nitrogens is 3. The number of rotatable bonds is 2. The quantitative estimate of drug-likeness (QED) is 0.681. The molecule has 1 aromatic heterocycles. The molecule has 0 radical (unpaired) electrons. The molecule has 0 bridgehead atoms. The Hall–Kier alpha value is -1.68. The Morgan fingerprint density at radius 1 is 1.25 bits per heavy atom. The fraction of sp³-hybridized carbons (Fsp3) is 0.786. The highest BCUT2D eigenvalue weighted by atomic mass is 32.2. The van der Waals surface area contributed by atoms with Crippen LogP contribution in [0, 0.1) is 6.92 Å². The third-order valence-corrected chi connectivity index (χ3v) is 6.42. The van der Waals surface area contributed by atoms with Gasteiger partial charge >= 0.3 is 6.03 Å². The number of nitrogens with zero attached hydrogens (tertiary/aromatic N) is 6. The summed E-state index contributed by atoms with van der Waals surface area (Å²) in [4.78, 5) is 22.1. The molecule has 1 aromatic rings. The summed E-state index contributed by atoms with van der Waals surface area (Å²) in [5.41, 5.74) is 0. The molecular formula is C14H24N6O3S. The van der Waals surface area contributed by atoms with Crippen LogP contribution in [0.3, 0.4) is 0 Å². The maximum atomic E-state index is 12.4. The molecule has 3 rings (SSSR count). The van der Waals surface area contributed by atoms with Crippen LogP contribution in [0.4, 0.5) is 4.79 Å². The first-order valence-electron chi connectivity index (χ1n) is 7.97. The summed E-state index contributed by atoms with van der Waals surface area (Å²) >= 11 is 0. The van der Waals surface area contributed by atoms with Crippen molar-refractivity contribution in [2.45, 2.75) is 25.6 Å². The van der Waals surface area contributed by atoms with E-state index < -0.39 is 9.84 Å². The Kier molecular flexibility index (Phi) is 4.28. The highest BCUT2D eigenvalue weighted by Gasteiger charge is 2.48. The summed E-state index contributed by atoms with van der Waals surface area (Å²) in [6.45, 7) is 3.52. The van der Waals surface area contributed by atoms with Crippen LogP contribution in [0.1, 0.15) is 11.6 Å². The SMILES string of the molecule is Cc1nc(CN2CCN(C(=O)N(C)C)[C@@H]3CS(=O)(=O)C[C@@H]32)n(C)n1. The van der Waals surface area contributed by atoms with Crippen LogP contribution in [-0.4, -0.2) is 94.7 Å². The van der Waals surface area contributed by atoms with Gasteiger partial charge in [-0.2, -0.15) is 5.10 Å². The van der Waals surface area contributed by atoms with Gasteiger partial charge in [0.1, 0.15) is 11.6 Å². The van der Waals surface area contributed by atoms with Crippen LogP contribution in [-0.2, 0) is 23.4 Å². The Balaban J connectivity index is 1.84. The summed E-state index contributed by atoms with van der Waals surface area (Å²) in [7, 11) is 2.07. The molecule has 2 atom stereocenters. The van der Waals surface area contributed by atoms with E-state index in [0.29, 0.717) is 25.5 Å². The standard InChI is InChI=1S/C14H24N6O3S/c1-10-15-13(18(4)16-10)7-19-5-6-20(14(21)17(2)3)12-9-24(22,23)8-11(12)19/h11-12H,5-9H2,1-4H3/t11-,12+/m0/s1. The molecule has 3 heterocycles. The number of carbonyl (C=O) groups is 1. The molecule has 0 spiro atoms. The van der Waals surface area contributed by atoms with E-state index in [0.717, 1.165) is 5.82 Å². The summed E-state index contributed by atoms with van der Waals surface area (Å²) < 4.78 is 26.1. The van der Waals surface area contributed by atoms with Crippen molar-refractivity contribution in [2.24, 2.45) is 7.05 Å². The van der Waals surface area contributed by atoms with Crippen molar-refractivity contribution in [2.75, 3.05) is 38.7 Å². The zero-order chi connectivity index (χ0) is 17.6. The normalized spacial score (nSPS) is 26.4. The number of sulfone groups is 1. The molecule has 2 fully saturated rings. The van der Waals surface area contributed by atoms with Gasteiger partial charge in [-0.05, 0) is 6.92 Å². The Labute approximate surface area is 142 Å². The van der Waals surface area contributed by atoms with Crippen molar-refractivity contribution in [3.63, 3.8) is 0 Å². The van der Waals surface area contributed by atoms with E-state index in [1.54, 1.807) is 23.7 Å². The highest BCUT2D eigenvalue weighted by molar-refractivity contribution is 7.91. The molecule has 0 unspecified atom stereocenters. The van der Waals surface area contributed by atoms with E-state index in [1.165, 1.54) is 4.90 Å². The Morgan fingerprint density at radius 2 is 1.92 bits per heavy atom. The van der Waals surface area contributed by atoms with Gasteiger partial charge in [0.25, 0.3) is 0 Å². The molecule has 24 heavy (non-hydrogen) atoms. The molecule has 0 aliphatic carbocycles. The zero-order valence-corrected chi connectivity index (χ0v) is 15.3. The highest BCUT2D eigenvalue weighted by Crippen LogP contribution is 2.28. The van der Waals surface area contributed by atoms with Crippen molar-refractivity contribution in [3.05, 3.63) is 11.6 Å². The van der Waals surface area contributed by atoms with Crippen LogP contribution in [0.5, 0.6) is 0 Å². The molecule has 2 saturated heterocycles. The van der Waals surface area contributed by atoms with Gasteiger partial charge in [0.2, 0.25) is 0 Å². The number of urea groups is 1. The van der Waals surface area contributed by atoms with Crippen molar-refractivity contribution < 1.29 is 13.2 Å². The number of carbonyl (C=O) groups excluding carboxylic acids is 1. The van der Waals surface area contributed by atoms with Crippen molar-refractivity contribution in [1.29, 1.82) is 0 Å². The second-order valence-electron chi connectivity index (χ2n) is 6.75. The molecule has 2 aliphatic rings.